The van der Waals surface area contributed by atoms with Gasteiger partial charge in [0.2, 0.25) is 0 Å². The van der Waals surface area contributed by atoms with Crippen LogP contribution in [0.4, 0.5) is 4.79 Å². The van der Waals surface area contributed by atoms with Crippen molar-refractivity contribution in [3.05, 3.63) is 29.8 Å². The first-order valence-corrected chi connectivity index (χ1v) is 9.97. The molecule has 148 valence electrons. The maximum absolute atomic E-state index is 12.5. The first-order valence-electron chi connectivity index (χ1n) is 9.97. The van der Waals surface area contributed by atoms with Crippen LogP contribution >= 0.6 is 0 Å². The number of rotatable bonds is 5. The SMILES string of the molecule is COc1ccccc1CC1CCN(C(=O)NC2CCC(C(=O)O)CC2)CC1. The highest BCUT2D eigenvalue weighted by Gasteiger charge is 2.29. The topological polar surface area (TPSA) is 78.9 Å². The number of ether oxygens (including phenoxy) is 1. The van der Waals surface area contributed by atoms with Crippen molar-refractivity contribution in [1.82, 2.24) is 10.2 Å². The quantitative estimate of drug-likeness (QED) is 0.829. The first kappa shape index (κ1) is 19.5. The fourth-order valence-corrected chi connectivity index (χ4v) is 4.27. The minimum atomic E-state index is -0.711. The lowest BCUT2D eigenvalue weighted by Crippen LogP contribution is -2.49. The number of carboxylic acids is 1. The number of carbonyl (C=O) groups excluding carboxylic acids is 1. The molecule has 0 spiro atoms. The Morgan fingerprint density at radius 2 is 1.78 bits per heavy atom. The van der Waals surface area contributed by atoms with Crippen LogP contribution in [0.3, 0.4) is 0 Å². The van der Waals surface area contributed by atoms with Crippen LogP contribution in [0.15, 0.2) is 24.3 Å². The van der Waals surface area contributed by atoms with Gasteiger partial charge in [0.15, 0.2) is 0 Å². The van der Waals surface area contributed by atoms with Crippen LogP contribution in [0, 0.1) is 11.8 Å². The minimum absolute atomic E-state index is 0.00418. The number of carboxylic acid groups (broad SMARTS) is 1. The minimum Gasteiger partial charge on any atom is -0.496 e. The summed E-state index contributed by atoms with van der Waals surface area (Å²) in [4.78, 5) is 25.5. The third-order valence-electron chi connectivity index (χ3n) is 6.01. The van der Waals surface area contributed by atoms with Crippen molar-refractivity contribution in [3.8, 4) is 5.75 Å². The van der Waals surface area contributed by atoms with Gasteiger partial charge in [0.25, 0.3) is 0 Å². The number of hydrogen-bond acceptors (Lipinski definition) is 3. The van der Waals surface area contributed by atoms with Gasteiger partial charge in [-0.05, 0) is 62.5 Å². The number of nitrogens with zero attached hydrogens (tertiary/aromatic N) is 1. The van der Waals surface area contributed by atoms with Crippen LogP contribution < -0.4 is 10.1 Å². The van der Waals surface area contributed by atoms with Crippen molar-refractivity contribution in [1.29, 1.82) is 0 Å². The Hall–Kier alpha value is -2.24. The molecule has 0 unspecified atom stereocenters. The van der Waals surface area contributed by atoms with Crippen LogP contribution in [-0.2, 0) is 11.2 Å². The largest absolute Gasteiger partial charge is 0.496 e. The van der Waals surface area contributed by atoms with E-state index in [0.29, 0.717) is 18.8 Å². The number of likely N-dealkylation sites (tertiary alicyclic amines) is 1. The molecule has 2 aliphatic rings. The summed E-state index contributed by atoms with van der Waals surface area (Å²) in [5.74, 6) is 0.548. The average molecular weight is 374 g/mol. The molecule has 1 saturated carbocycles. The molecule has 1 aliphatic carbocycles. The molecule has 0 radical (unpaired) electrons. The molecule has 2 N–H and O–H groups in total. The second-order valence-corrected chi connectivity index (χ2v) is 7.78. The van der Waals surface area contributed by atoms with Crippen molar-refractivity contribution >= 4 is 12.0 Å². The lowest BCUT2D eigenvalue weighted by molar-refractivity contribution is -0.142. The molecule has 27 heavy (non-hydrogen) atoms. The zero-order chi connectivity index (χ0) is 19.2. The zero-order valence-corrected chi connectivity index (χ0v) is 16.0. The fraction of sp³-hybridized carbons (Fsp3) is 0.619. The highest BCUT2D eigenvalue weighted by molar-refractivity contribution is 5.74. The van der Waals surface area contributed by atoms with E-state index < -0.39 is 5.97 Å². The Morgan fingerprint density at radius 1 is 1.11 bits per heavy atom. The van der Waals surface area contributed by atoms with E-state index in [0.717, 1.165) is 50.9 Å². The van der Waals surface area contributed by atoms with Crippen molar-refractivity contribution < 1.29 is 19.4 Å². The Labute approximate surface area is 160 Å². The van der Waals surface area contributed by atoms with Gasteiger partial charge in [0.05, 0.1) is 13.0 Å². The van der Waals surface area contributed by atoms with E-state index in [4.69, 9.17) is 9.84 Å². The Bertz CT molecular complexity index is 647. The molecule has 1 saturated heterocycles. The summed E-state index contributed by atoms with van der Waals surface area (Å²) in [6.45, 7) is 1.55. The molecule has 6 heteroatoms. The van der Waals surface area contributed by atoms with Crippen LogP contribution in [-0.4, -0.2) is 48.2 Å². The standard InChI is InChI=1S/C21H30N2O4/c1-27-19-5-3-2-4-17(19)14-15-10-12-23(13-11-15)21(26)22-18-8-6-16(7-9-18)20(24)25/h2-5,15-16,18H,6-14H2,1H3,(H,22,26)(H,24,25). The van der Waals surface area contributed by atoms with Crippen LogP contribution in [0.1, 0.15) is 44.1 Å². The number of benzene rings is 1. The second-order valence-electron chi connectivity index (χ2n) is 7.78. The molecule has 1 heterocycles. The molecule has 2 amide bonds. The van der Waals surface area contributed by atoms with E-state index >= 15 is 0 Å². The van der Waals surface area contributed by atoms with Gasteiger partial charge in [-0.3, -0.25) is 4.79 Å². The molecule has 1 aliphatic heterocycles. The normalized spacial score (nSPS) is 23.7. The number of methoxy groups -OCH3 is 1. The molecule has 3 rings (SSSR count). The van der Waals surface area contributed by atoms with Crippen LogP contribution in [0.2, 0.25) is 0 Å². The highest BCUT2D eigenvalue weighted by Crippen LogP contribution is 2.27. The van der Waals surface area contributed by atoms with Crippen molar-refractivity contribution in [3.63, 3.8) is 0 Å². The molecule has 6 nitrogen and oxygen atoms in total. The molecule has 2 fully saturated rings. The van der Waals surface area contributed by atoms with E-state index in [2.05, 4.69) is 11.4 Å². The lowest BCUT2D eigenvalue weighted by Gasteiger charge is -2.34. The summed E-state index contributed by atoms with van der Waals surface area (Å²) in [5, 5.41) is 12.2. The number of aliphatic carboxylic acids is 1. The summed E-state index contributed by atoms with van der Waals surface area (Å²) < 4.78 is 5.44. The average Bonchev–Trinajstić information content (AvgIpc) is 2.69. The maximum atomic E-state index is 12.5. The third-order valence-corrected chi connectivity index (χ3v) is 6.01. The molecule has 0 atom stereocenters. The molecule has 1 aromatic carbocycles. The van der Waals surface area contributed by atoms with Gasteiger partial charge in [0, 0.05) is 19.1 Å². The lowest BCUT2D eigenvalue weighted by atomic mass is 9.86. The predicted octanol–water partition coefficient (Wildman–Crippen LogP) is 3.30. The van der Waals surface area contributed by atoms with Crippen molar-refractivity contribution in [2.24, 2.45) is 11.8 Å². The number of para-hydroxylation sites is 1. The van der Waals surface area contributed by atoms with Crippen LogP contribution in [0.25, 0.3) is 0 Å². The fourth-order valence-electron chi connectivity index (χ4n) is 4.27. The molecule has 0 bridgehead atoms. The maximum Gasteiger partial charge on any atom is 0.317 e. The van der Waals surface area contributed by atoms with Gasteiger partial charge in [-0.15, -0.1) is 0 Å². The summed E-state index contributed by atoms with van der Waals surface area (Å²) in [7, 11) is 1.70. The molecule has 1 aromatic rings. The first-order chi connectivity index (χ1) is 13.1. The van der Waals surface area contributed by atoms with Gasteiger partial charge in [0.1, 0.15) is 5.75 Å². The van der Waals surface area contributed by atoms with Gasteiger partial charge < -0.3 is 20.1 Å². The van der Waals surface area contributed by atoms with Crippen molar-refractivity contribution in [2.75, 3.05) is 20.2 Å². The summed E-state index contributed by atoms with van der Waals surface area (Å²) >= 11 is 0. The number of nitrogens with one attached hydrogen (secondary N) is 1. The van der Waals surface area contributed by atoms with Crippen molar-refractivity contribution in [2.45, 2.75) is 51.0 Å². The van der Waals surface area contributed by atoms with E-state index in [9.17, 15) is 9.59 Å². The van der Waals surface area contributed by atoms with E-state index in [-0.39, 0.29) is 18.0 Å². The van der Waals surface area contributed by atoms with Crippen LogP contribution in [0.5, 0.6) is 5.75 Å². The number of amides is 2. The van der Waals surface area contributed by atoms with E-state index in [1.165, 1.54) is 5.56 Å². The molecular formula is C21H30N2O4. The summed E-state index contributed by atoms with van der Waals surface area (Å²) in [6, 6.07) is 8.25. The Morgan fingerprint density at radius 3 is 2.41 bits per heavy atom. The van der Waals surface area contributed by atoms with E-state index in [1.54, 1.807) is 7.11 Å². The second kappa shape index (κ2) is 9.11. The van der Waals surface area contributed by atoms with Gasteiger partial charge >= 0.3 is 12.0 Å². The number of piperidine rings is 1. The summed E-state index contributed by atoms with van der Waals surface area (Å²) in [6.07, 6.45) is 5.80. The predicted molar refractivity (Wildman–Crippen MR) is 103 cm³/mol. The van der Waals surface area contributed by atoms with Gasteiger partial charge in [-0.1, -0.05) is 18.2 Å². The summed E-state index contributed by atoms with van der Waals surface area (Å²) in [5.41, 5.74) is 1.23. The Kier molecular flexibility index (Phi) is 6.58. The smallest absolute Gasteiger partial charge is 0.317 e. The molecular weight excluding hydrogens is 344 g/mol. The number of hydrogen-bond donors (Lipinski definition) is 2. The monoisotopic (exact) mass is 374 g/mol. The van der Waals surface area contributed by atoms with Gasteiger partial charge in [-0.25, -0.2) is 4.79 Å². The number of carbonyl (C=O) groups is 2. The Balaban J connectivity index is 1.42. The highest BCUT2D eigenvalue weighted by atomic mass is 16.5. The zero-order valence-electron chi connectivity index (χ0n) is 16.0. The number of urea groups is 1. The van der Waals surface area contributed by atoms with E-state index in [1.807, 2.05) is 23.1 Å². The van der Waals surface area contributed by atoms with Gasteiger partial charge in [-0.2, -0.15) is 0 Å². The molecule has 0 aromatic heterocycles. The third kappa shape index (κ3) is 5.15.